The fourth-order valence-corrected chi connectivity index (χ4v) is 4.09. The Morgan fingerprint density at radius 3 is 2.28 bits per heavy atom. The van der Waals surface area contributed by atoms with Gasteiger partial charge in [0.05, 0.1) is 0 Å². The minimum absolute atomic E-state index is 0.0410. The first-order chi connectivity index (χ1) is 14.2. The SMILES string of the molecule is O=C(C1CCC(=O)N1c1ccccc1)N1CCN(C/C=C/c2ccccc2)CC1. The van der Waals surface area contributed by atoms with E-state index in [1.165, 1.54) is 5.56 Å². The maximum atomic E-state index is 13.1. The summed E-state index contributed by atoms with van der Waals surface area (Å²) in [5.74, 6) is 0.124. The summed E-state index contributed by atoms with van der Waals surface area (Å²) in [4.78, 5) is 31.5. The zero-order chi connectivity index (χ0) is 20.1. The molecule has 5 nitrogen and oxygen atoms in total. The molecule has 2 aromatic rings. The Morgan fingerprint density at radius 2 is 1.59 bits per heavy atom. The lowest BCUT2D eigenvalue weighted by molar-refractivity contribution is -0.134. The van der Waals surface area contributed by atoms with Crippen LogP contribution in [0.25, 0.3) is 6.08 Å². The number of carbonyl (C=O) groups is 2. The lowest BCUT2D eigenvalue weighted by Crippen LogP contribution is -2.54. The Morgan fingerprint density at radius 1 is 0.931 bits per heavy atom. The highest BCUT2D eigenvalue weighted by Crippen LogP contribution is 2.28. The lowest BCUT2D eigenvalue weighted by atomic mass is 10.1. The standard InChI is InChI=1S/C24H27N3O2/c28-23-14-13-22(27(23)21-11-5-2-6-12-21)24(29)26-18-16-25(17-19-26)15-7-10-20-8-3-1-4-9-20/h1-12,22H,13-19H2/b10-7+. The van der Waals surface area contributed by atoms with Gasteiger partial charge in [-0.3, -0.25) is 19.4 Å². The van der Waals surface area contributed by atoms with Crippen molar-refractivity contribution in [3.63, 3.8) is 0 Å². The van der Waals surface area contributed by atoms with Crippen LogP contribution in [0.4, 0.5) is 5.69 Å². The van der Waals surface area contributed by atoms with Crippen molar-refractivity contribution in [2.24, 2.45) is 0 Å². The van der Waals surface area contributed by atoms with Crippen LogP contribution in [0.1, 0.15) is 18.4 Å². The van der Waals surface area contributed by atoms with Crippen LogP contribution in [0.2, 0.25) is 0 Å². The molecule has 5 heteroatoms. The number of nitrogens with zero attached hydrogens (tertiary/aromatic N) is 3. The maximum Gasteiger partial charge on any atom is 0.245 e. The van der Waals surface area contributed by atoms with Crippen LogP contribution >= 0.6 is 0 Å². The van der Waals surface area contributed by atoms with Crippen molar-refractivity contribution in [2.75, 3.05) is 37.6 Å². The highest BCUT2D eigenvalue weighted by molar-refractivity contribution is 6.03. The van der Waals surface area contributed by atoms with Gasteiger partial charge >= 0.3 is 0 Å². The highest BCUT2D eigenvalue weighted by atomic mass is 16.2. The van der Waals surface area contributed by atoms with Gasteiger partial charge in [0.25, 0.3) is 0 Å². The summed E-state index contributed by atoms with van der Waals surface area (Å²) in [6, 6.07) is 19.5. The van der Waals surface area contributed by atoms with Crippen molar-refractivity contribution in [1.29, 1.82) is 0 Å². The molecule has 0 aliphatic carbocycles. The number of hydrogen-bond acceptors (Lipinski definition) is 3. The van der Waals surface area contributed by atoms with Crippen molar-refractivity contribution in [1.82, 2.24) is 9.80 Å². The summed E-state index contributed by atoms with van der Waals surface area (Å²) in [5.41, 5.74) is 2.02. The topological polar surface area (TPSA) is 43.9 Å². The third kappa shape index (κ3) is 4.57. The summed E-state index contributed by atoms with van der Waals surface area (Å²) < 4.78 is 0. The van der Waals surface area contributed by atoms with Gasteiger partial charge in [0.2, 0.25) is 11.8 Å². The van der Waals surface area contributed by atoms with Crippen molar-refractivity contribution < 1.29 is 9.59 Å². The van der Waals surface area contributed by atoms with Crippen LogP contribution in [0.3, 0.4) is 0 Å². The van der Waals surface area contributed by atoms with Gasteiger partial charge < -0.3 is 4.90 Å². The average Bonchev–Trinajstić information content (AvgIpc) is 3.16. The molecule has 150 valence electrons. The number of para-hydroxylation sites is 1. The van der Waals surface area contributed by atoms with Gasteiger partial charge in [0.15, 0.2) is 0 Å². The van der Waals surface area contributed by atoms with Crippen LogP contribution in [-0.2, 0) is 9.59 Å². The Hall–Kier alpha value is -2.92. The zero-order valence-corrected chi connectivity index (χ0v) is 16.6. The van der Waals surface area contributed by atoms with E-state index < -0.39 is 0 Å². The zero-order valence-electron chi connectivity index (χ0n) is 16.6. The highest BCUT2D eigenvalue weighted by Gasteiger charge is 2.39. The molecule has 2 aliphatic rings. The fraction of sp³-hybridized carbons (Fsp3) is 0.333. The first-order valence-corrected chi connectivity index (χ1v) is 10.3. The van der Waals surface area contributed by atoms with E-state index in [0.717, 1.165) is 25.3 Å². The van der Waals surface area contributed by atoms with Crippen LogP contribution in [-0.4, -0.2) is 60.4 Å². The number of anilines is 1. The van der Waals surface area contributed by atoms with Crippen LogP contribution in [0.15, 0.2) is 66.7 Å². The molecule has 0 saturated carbocycles. The predicted octanol–water partition coefficient (Wildman–Crippen LogP) is 3.04. The molecule has 1 atom stereocenters. The molecule has 29 heavy (non-hydrogen) atoms. The summed E-state index contributed by atoms with van der Waals surface area (Å²) in [7, 11) is 0. The Balaban J connectivity index is 1.32. The molecule has 4 rings (SSSR count). The second-order valence-corrected chi connectivity index (χ2v) is 7.59. The minimum atomic E-state index is -0.366. The summed E-state index contributed by atoms with van der Waals surface area (Å²) in [6.45, 7) is 4.03. The van der Waals surface area contributed by atoms with E-state index in [0.29, 0.717) is 25.9 Å². The predicted molar refractivity (Wildman–Crippen MR) is 115 cm³/mol. The molecule has 2 fully saturated rings. The fourth-order valence-electron chi connectivity index (χ4n) is 4.09. The number of carbonyl (C=O) groups excluding carboxylic acids is 2. The third-order valence-corrected chi connectivity index (χ3v) is 5.69. The quantitative estimate of drug-likeness (QED) is 0.790. The van der Waals surface area contributed by atoms with Crippen LogP contribution < -0.4 is 4.90 Å². The first-order valence-electron chi connectivity index (χ1n) is 10.3. The molecule has 0 aromatic heterocycles. The monoisotopic (exact) mass is 389 g/mol. The summed E-state index contributed by atoms with van der Waals surface area (Å²) in [5, 5.41) is 0. The van der Waals surface area contributed by atoms with Crippen molar-refractivity contribution in [3.05, 3.63) is 72.3 Å². The Kier molecular flexibility index (Phi) is 6.06. The minimum Gasteiger partial charge on any atom is -0.338 e. The Bertz CT molecular complexity index is 858. The van der Waals surface area contributed by atoms with Crippen LogP contribution in [0.5, 0.6) is 0 Å². The number of hydrogen-bond donors (Lipinski definition) is 0. The lowest BCUT2D eigenvalue weighted by Gasteiger charge is -2.37. The summed E-state index contributed by atoms with van der Waals surface area (Å²) >= 11 is 0. The molecule has 2 amide bonds. The molecule has 1 unspecified atom stereocenters. The molecule has 2 aromatic carbocycles. The van der Waals surface area contributed by atoms with Gasteiger partial charge in [0.1, 0.15) is 6.04 Å². The Labute approximate surface area is 172 Å². The van der Waals surface area contributed by atoms with Crippen molar-refractivity contribution >= 4 is 23.6 Å². The first kappa shape index (κ1) is 19.4. The van der Waals surface area contributed by atoms with Gasteiger partial charge in [-0.2, -0.15) is 0 Å². The third-order valence-electron chi connectivity index (χ3n) is 5.69. The van der Waals surface area contributed by atoms with Gasteiger partial charge in [-0.15, -0.1) is 0 Å². The number of amides is 2. The molecular formula is C24H27N3O2. The molecule has 0 bridgehead atoms. The molecule has 2 saturated heterocycles. The van der Waals surface area contributed by atoms with E-state index in [1.807, 2.05) is 53.4 Å². The van der Waals surface area contributed by atoms with Crippen molar-refractivity contribution in [3.8, 4) is 0 Å². The van der Waals surface area contributed by atoms with E-state index in [9.17, 15) is 9.59 Å². The average molecular weight is 389 g/mol. The molecule has 0 N–H and O–H groups in total. The van der Waals surface area contributed by atoms with E-state index in [4.69, 9.17) is 0 Å². The molecule has 0 spiro atoms. The van der Waals surface area contributed by atoms with Gasteiger partial charge in [0, 0.05) is 44.8 Å². The number of rotatable bonds is 5. The van der Waals surface area contributed by atoms with Gasteiger partial charge in [-0.25, -0.2) is 0 Å². The normalized spacial score (nSPS) is 20.6. The molecule has 0 radical (unpaired) electrons. The second-order valence-electron chi connectivity index (χ2n) is 7.59. The van der Waals surface area contributed by atoms with Crippen LogP contribution in [0, 0.1) is 0 Å². The number of benzene rings is 2. The molecular weight excluding hydrogens is 362 g/mol. The molecule has 2 aliphatic heterocycles. The van der Waals surface area contributed by atoms with E-state index in [-0.39, 0.29) is 17.9 Å². The smallest absolute Gasteiger partial charge is 0.245 e. The summed E-state index contributed by atoms with van der Waals surface area (Å²) in [6.07, 6.45) is 5.36. The largest absolute Gasteiger partial charge is 0.338 e. The van der Waals surface area contributed by atoms with E-state index >= 15 is 0 Å². The second kappa shape index (κ2) is 9.05. The molecule has 2 heterocycles. The number of piperazine rings is 1. The van der Waals surface area contributed by atoms with E-state index in [1.54, 1.807) is 4.90 Å². The maximum absolute atomic E-state index is 13.1. The van der Waals surface area contributed by atoms with Gasteiger partial charge in [-0.05, 0) is 24.1 Å². The van der Waals surface area contributed by atoms with Crippen molar-refractivity contribution in [2.45, 2.75) is 18.9 Å². The van der Waals surface area contributed by atoms with Gasteiger partial charge in [-0.1, -0.05) is 60.7 Å². The van der Waals surface area contributed by atoms with E-state index in [2.05, 4.69) is 29.2 Å².